The van der Waals surface area contributed by atoms with E-state index < -0.39 is 10.0 Å². The van der Waals surface area contributed by atoms with Crippen LogP contribution in [0.1, 0.15) is 32.8 Å². The van der Waals surface area contributed by atoms with Gasteiger partial charge >= 0.3 is 0 Å². The summed E-state index contributed by atoms with van der Waals surface area (Å²) in [7, 11) is -3.40. The molecule has 1 saturated heterocycles. The lowest BCUT2D eigenvalue weighted by atomic mass is 9.94. The minimum Gasteiger partial charge on any atom is -0.494 e. The van der Waals surface area contributed by atoms with Crippen molar-refractivity contribution in [1.29, 1.82) is 0 Å². The van der Waals surface area contributed by atoms with E-state index in [1.807, 2.05) is 13.8 Å². The Balaban J connectivity index is 2.29. The van der Waals surface area contributed by atoms with E-state index in [-0.39, 0.29) is 0 Å². The molecule has 5 heteroatoms. The van der Waals surface area contributed by atoms with Crippen molar-refractivity contribution in [2.75, 3.05) is 19.7 Å². The van der Waals surface area contributed by atoms with Crippen LogP contribution in [0.15, 0.2) is 23.1 Å². The third-order valence-electron chi connectivity index (χ3n) is 3.92. The van der Waals surface area contributed by atoms with Crippen molar-refractivity contribution in [3.63, 3.8) is 0 Å². The first-order chi connectivity index (χ1) is 9.84. The molecule has 0 amide bonds. The Labute approximate surface area is 128 Å². The van der Waals surface area contributed by atoms with Crippen molar-refractivity contribution >= 4 is 10.0 Å². The number of ether oxygens (including phenoxy) is 1. The van der Waals surface area contributed by atoms with Crippen LogP contribution in [0.4, 0.5) is 0 Å². The van der Waals surface area contributed by atoms with E-state index in [2.05, 4.69) is 13.8 Å². The number of hydrogen-bond donors (Lipinski definition) is 0. The van der Waals surface area contributed by atoms with Crippen LogP contribution in [-0.2, 0) is 10.0 Å². The van der Waals surface area contributed by atoms with E-state index >= 15 is 0 Å². The molecule has 0 spiro atoms. The minimum atomic E-state index is -3.40. The zero-order chi connectivity index (χ0) is 15.6. The molecule has 1 fully saturated rings. The zero-order valence-corrected chi connectivity index (χ0v) is 14.1. The van der Waals surface area contributed by atoms with Gasteiger partial charge in [0.2, 0.25) is 10.0 Å². The van der Waals surface area contributed by atoms with Gasteiger partial charge in [0, 0.05) is 13.1 Å². The van der Waals surface area contributed by atoms with Crippen molar-refractivity contribution < 1.29 is 13.2 Å². The van der Waals surface area contributed by atoms with Crippen LogP contribution >= 0.6 is 0 Å². The van der Waals surface area contributed by atoms with Gasteiger partial charge in [0.15, 0.2) is 0 Å². The highest BCUT2D eigenvalue weighted by Gasteiger charge is 2.31. The number of rotatable bonds is 4. The second kappa shape index (κ2) is 6.36. The highest BCUT2D eigenvalue weighted by atomic mass is 32.2. The first kappa shape index (κ1) is 16.3. The van der Waals surface area contributed by atoms with Gasteiger partial charge in [-0.05, 0) is 55.9 Å². The summed E-state index contributed by atoms with van der Waals surface area (Å²) in [5.74, 6) is 1.57. The van der Waals surface area contributed by atoms with Gasteiger partial charge in [-0.15, -0.1) is 0 Å². The van der Waals surface area contributed by atoms with Gasteiger partial charge < -0.3 is 4.74 Å². The second-order valence-electron chi connectivity index (χ2n) is 6.13. The van der Waals surface area contributed by atoms with Crippen LogP contribution in [0.3, 0.4) is 0 Å². The maximum absolute atomic E-state index is 12.8. The molecule has 118 valence electrons. The van der Waals surface area contributed by atoms with Gasteiger partial charge in [-0.25, -0.2) is 8.42 Å². The van der Waals surface area contributed by atoms with E-state index in [0.717, 1.165) is 17.7 Å². The fourth-order valence-electron chi connectivity index (χ4n) is 3.05. The van der Waals surface area contributed by atoms with Gasteiger partial charge in [-0.1, -0.05) is 13.8 Å². The Morgan fingerprint density at radius 1 is 1.24 bits per heavy atom. The van der Waals surface area contributed by atoms with E-state index in [1.165, 1.54) is 0 Å². The molecule has 1 heterocycles. The van der Waals surface area contributed by atoms with E-state index in [9.17, 15) is 8.42 Å². The number of hydrogen-bond acceptors (Lipinski definition) is 3. The topological polar surface area (TPSA) is 46.6 Å². The van der Waals surface area contributed by atoms with Crippen molar-refractivity contribution in [2.24, 2.45) is 11.8 Å². The molecule has 2 atom stereocenters. The molecule has 2 rings (SSSR count). The quantitative estimate of drug-likeness (QED) is 0.858. The summed E-state index contributed by atoms with van der Waals surface area (Å²) in [6.07, 6.45) is 1.09. The van der Waals surface area contributed by atoms with Gasteiger partial charge in [-0.2, -0.15) is 4.31 Å². The normalized spacial score (nSPS) is 24.0. The van der Waals surface area contributed by atoms with Crippen molar-refractivity contribution in [1.82, 2.24) is 4.31 Å². The smallest absolute Gasteiger partial charge is 0.243 e. The summed E-state index contributed by atoms with van der Waals surface area (Å²) >= 11 is 0. The highest BCUT2D eigenvalue weighted by Crippen LogP contribution is 2.28. The maximum Gasteiger partial charge on any atom is 0.243 e. The molecule has 21 heavy (non-hydrogen) atoms. The molecule has 1 aromatic rings. The summed E-state index contributed by atoms with van der Waals surface area (Å²) in [4.78, 5) is 0.366. The van der Waals surface area contributed by atoms with Gasteiger partial charge in [0.1, 0.15) is 5.75 Å². The lowest BCUT2D eigenvalue weighted by Crippen LogP contribution is -2.42. The van der Waals surface area contributed by atoms with Crippen LogP contribution in [0.25, 0.3) is 0 Å². The number of sulfonamides is 1. The Morgan fingerprint density at radius 3 is 2.38 bits per heavy atom. The summed E-state index contributed by atoms with van der Waals surface area (Å²) in [6, 6.07) is 5.12. The van der Waals surface area contributed by atoms with Crippen LogP contribution in [0, 0.1) is 18.8 Å². The molecule has 1 aromatic carbocycles. The fraction of sp³-hybridized carbons (Fsp3) is 0.625. The largest absolute Gasteiger partial charge is 0.494 e. The van der Waals surface area contributed by atoms with Crippen LogP contribution in [0.5, 0.6) is 5.75 Å². The zero-order valence-electron chi connectivity index (χ0n) is 13.3. The molecule has 4 nitrogen and oxygen atoms in total. The lowest BCUT2D eigenvalue weighted by Gasteiger charge is -2.34. The third kappa shape index (κ3) is 3.58. The van der Waals surface area contributed by atoms with Crippen LogP contribution in [0.2, 0.25) is 0 Å². The molecule has 0 radical (unpaired) electrons. The number of aryl methyl sites for hydroxylation is 1. The van der Waals surface area contributed by atoms with Crippen molar-refractivity contribution in [2.45, 2.75) is 39.0 Å². The van der Waals surface area contributed by atoms with Crippen molar-refractivity contribution in [3.8, 4) is 5.75 Å². The predicted molar refractivity (Wildman–Crippen MR) is 84.1 cm³/mol. The molecule has 1 aliphatic rings. The van der Waals surface area contributed by atoms with Crippen molar-refractivity contribution in [3.05, 3.63) is 23.8 Å². The van der Waals surface area contributed by atoms with Gasteiger partial charge in [0.25, 0.3) is 0 Å². The monoisotopic (exact) mass is 311 g/mol. The summed E-state index contributed by atoms with van der Waals surface area (Å²) in [6.45, 7) is 9.82. The molecule has 0 saturated carbocycles. The maximum atomic E-state index is 12.8. The minimum absolute atomic E-state index is 0.366. The van der Waals surface area contributed by atoms with Gasteiger partial charge in [0.05, 0.1) is 11.5 Å². The SMILES string of the molecule is CCOc1ccc(S(=O)(=O)N2C[C@H](C)C[C@@H](C)C2)cc1C. The first-order valence-corrected chi connectivity index (χ1v) is 9.02. The second-order valence-corrected chi connectivity index (χ2v) is 8.07. The molecule has 1 aliphatic heterocycles. The average Bonchev–Trinajstić information content (AvgIpc) is 2.40. The molecule has 0 unspecified atom stereocenters. The van der Waals surface area contributed by atoms with Crippen LogP contribution in [-0.4, -0.2) is 32.4 Å². The number of nitrogens with zero attached hydrogens (tertiary/aromatic N) is 1. The first-order valence-electron chi connectivity index (χ1n) is 7.58. The Hall–Kier alpha value is -1.07. The predicted octanol–water partition coefficient (Wildman–Crippen LogP) is 3.06. The summed E-state index contributed by atoms with van der Waals surface area (Å²) in [5, 5.41) is 0. The van der Waals surface area contributed by atoms with E-state index in [0.29, 0.717) is 36.4 Å². The Morgan fingerprint density at radius 2 is 1.86 bits per heavy atom. The number of benzene rings is 1. The lowest BCUT2D eigenvalue weighted by molar-refractivity contribution is 0.222. The molecular weight excluding hydrogens is 286 g/mol. The van der Waals surface area contributed by atoms with E-state index in [4.69, 9.17) is 4.74 Å². The standard InChI is InChI=1S/C16H25NO3S/c1-5-20-16-7-6-15(9-14(16)4)21(18,19)17-10-12(2)8-13(3)11-17/h6-7,9,12-13H,5,8,10-11H2,1-4H3/t12-,13-/m1/s1. The summed E-state index contributed by atoms with van der Waals surface area (Å²) in [5.41, 5.74) is 0.857. The van der Waals surface area contributed by atoms with Crippen LogP contribution < -0.4 is 4.74 Å². The molecule has 0 N–H and O–H groups in total. The highest BCUT2D eigenvalue weighted by molar-refractivity contribution is 7.89. The Kier molecular flexibility index (Phi) is 4.94. The number of piperidine rings is 1. The molecule has 0 bridgehead atoms. The van der Waals surface area contributed by atoms with Gasteiger partial charge in [-0.3, -0.25) is 0 Å². The molecule has 0 aromatic heterocycles. The molecular formula is C16H25NO3S. The fourth-order valence-corrected chi connectivity index (χ4v) is 4.82. The third-order valence-corrected chi connectivity index (χ3v) is 5.75. The Bertz CT molecular complexity index is 588. The summed E-state index contributed by atoms with van der Waals surface area (Å²) < 4.78 is 32.7. The average molecular weight is 311 g/mol. The van der Waals surface area contributed by atoms with E-state index in [1.54, 1.807) is 22.5 Å². The molecule has 0 aliphatic carbocycles.